The highest BCUT2D eigenvalue weighted by molar-refractivity contribution is 5.86. The summed E-state index contributed by atoms with van der Waals surface area (Å²) in [5.41, 5.74) is 6.00. The zero-order valence-corrected chi connectivity index (χ0v) is 29.4. The Kier molecular flexibility index (Phi) is 9.95. The molecule has 3 amide bonds. The Morgan fingerprint density at radius 1 is 0.882 bits per heavy atom. The fourth-order valence-corrected chi connectivity index (χ4v) is 8.54. The molecule has 268 valence electrons. The van der Waals surface area contributed by atoms with E-state index < -0.39 is 12.1 Å². The molecule has 12 nitrogen and oxygen atoms in total. The summed E-state index contributed by atoms with van der Waals surface area (Å²) in [6.45, 7) is 4.64. The van der Waals surface area contributed by atoms with Crippen LogP contribution in [0.25, 0.3) is 33.6 Å². The lowest BCUT2D eigenvalue weighted by Crippen LogP contribution is -2.51. The normalized spacial score (nSPS) is 23.1. The first-order valence-electron chi connectivity index (χ1n) is 18.1. The van der Waals surface area contributed by atoms with Crippen molar-refractivity contribution in [2.75, 3.05) is 26.8 Å². The SMILES string of the molecule is COC(=O)N[C@H](C(=O)N1CCC[C@H]1c1ncc(-c2ccc(-c3ccc(-c4cnc(C5C6CCC(C6)C5C(=O)NCCO)[nH]4)cc3)cc2)[nH]1)C(C)C. The Labute approximate surface area is 297 Å². The number of hydrogen-bond acceptors (Lipinski definition) is 7. The van der Waals surface area contributed by atoms with Crippen molar-refractivity contribution in [3.63, 3.8) is 0 Å². The van der Waals surface area contributed by atoms with Gasteiger partial charge in [-0.2, -0.15) is 0 Å². The highest BCUT2D eigenvalue weighted by Gasteiger charge is 2.52. The van der Waals surface area contributed by atoms with Crippen LogP contribution in [0.2, 0.25) is 0 Å². The van der Waals surface area contributed by atoms with Crippen LogP contribution in [0, 0.1) is 23.7 Å². The summed E-state index contributed by atoms with van der Waals surface area (Å²) in [7, 11) is 1.29. The zero-order chi connectivity index (χ0) is 35.6. The quantitative estimate of drug-likeness (QED) is 0.140. The number of methoxy groups -OCH3 is 1. The molecule has 3 fully saturated rings. The summed E-state index contributed by atoms with van der Waals surface area (Å²) in [6, 6.07) is 15.8. The van der Waals surface area contributed by atoms with E-state index in [4.69, 9.17) is 9.72 Å². The van der Waals surface area contributed by atoms with Crippen LogP contribution in [0.15, 0.2) is 60.9 Å². The van der Waals surface area contributed by atoms with Gasteiger partial charge in [0.15, 0.2) is 0 Å². The number of nitrogens with zero attached hydrogens (tertiary/aromatic N) is 3. The number of H-pyrrole nitrogens is 2. The van der Waals surface area contributed by atoms with Gasteiger partial charge in [0.2, 0.25) is 11.8 Å². The number of aliphatic hydroxyl groups excluding tert-OH is 1. The van der Waals surface area contributed by atoms with Gasteiger partial charge in [-0.05, 0) is 72.1 Å². The summed E-state index contributed by atoms with van der Waals surface area (Å²) >= 11 is 0. The van der Waals surface area contributed by atoms with E-state index in [1.54, 1.807) is 0 Å². The third kappa shape index (κ3) is 6.89. The number of aliphatic hydroxyl groups is 1. The molecule has 3 aliphatic rings. The highest BCUT2D eigenvalue weighted by atomic mass is 16.5. The number of fused-ring (bicyclic) bond motifs is 2. The molecule has 51 heavy (non-hydrogen) atoms. The minimum Gasteiger partial charge on any atom is -0.453 e. The van der Waals surface area contributed by atoms with Crippen LogP contribution in [0.1, 0.15) is 69.6 Å². The standard InChI is InChI=1S/C39H47N7O5/c1-22(2)34(45-39(50)51-3)38(49)46-17-4-5-31(46)35-41-20-29(43-35)25-10-6-23(7-11-25)24-8-12-26(13-9-24)30-21-42-36(44-30)32-27-14-15-28(19-27)33(32)37(48)40-16-18-47/h6-13,20-22,27-28,31-34,47H,4-5,14-19H2,1-3H3,(H,40,48)(H,41,43)(H,42,44)(H,45,50)/t27?,28?,31-,32?,33?,34-/m0/s1. The van der Waals surface area contributed by atoms with E-state index in [0.29, 0.717) is 18.4 Å². The second-order valence-electron chi connectivity index (χ2n) is 14.5. The Morgan fingerprint density at radius 3 is 2.08 bits per heavy atom. The molecule has 2 aromatic carbocycles. The molecule has 4 unspecified atom stereocenters. The molecular formula is C39H47N7O5. The Balaban J connectivity index is 1.01. The van der Waals surface area contributed by atoms with Crippen molar-refractivity contribution >= 4 is 17.9 Å². The predicted molar refractivity (Wildman–Crippen MR) is 192 cm³/mol. The fourth-order valence-electron chi connectivity index (χ4n) is 8.54. The van der Waals surface area contributed by atoms with Crippen molar-refractivity contribution in [3.05, 3.63) is 72.6 Å². The van der Waals surface area contributed by atoms with Crippen LogP contribution < -0.4 is 10.6 Å². The third-order valence-corrected chi connectivity index (χ3v) is 11.1. The molecule has 0 spiro atoms. The molecule has 0 radical (unpaired) electrons. The van der Waals surface area contributed by atoms with Gasteiger partial charge in [0.25, 0.3) is 0 Å². The van der Waals surface area contributed by atoms with Crippen molar-refractivity contribution in [3.8, 4) is 33.6 Å². The van der Waals surface area contributed by atoms with E-state index in [1.165, 1.54) is 7.11 Å². The van der Waals surface area contributed by atoms with Crippen molar-refractivity contribution in [1.29, 1.82) is 0 Å². The molecule has 1 aliphatic heterocycles. The van der Waals surface area contributed by atoms with Crippen molar-refractivity contribution in [2.45, 2.75) is 64.0 Å². The predicted octanol–water partition coefficient (Wildman–Crippen LogP) is 5.42. The van der Waals surface area contributed by atoms with Gasteiger partial charge < -0.3 is 35.3 Å². The zero-order valence-electron chi connectivity index (χ0n) is 29.4. The number of aromatic nitrogens is 4. The number of aromatic amines is 2. The number of imidazole rings is 2. The van der Waals surface area contributed by atoms with Crippen LogP contribution in [-0.2, 0) is 14.3 Å². The van der Waals surface area contributed by atoms with Crippen LogP contribution >= 0.6 is 0 Å². The summed E-state index contributed by atoms with van der Waals surface area (Å²) in [5, 5.41) is 14.8. The van der Waals surface area contributed by atoms with Crippen molar-refractivity contribution < 1.29 is 24.2 Å². The average molecular weight is 694 g/mol. The lowest BCUT2D eigenvalue weighted by Gasteiger charge is -2.30. The van der Waals surface area contributed by atoms with Gasteiger partial charge >= 0.3 is 6.09 Å². The number of amides is 3. The topological polar surface area (TPSA) is 165 Å². The van der Waals surface area contributed by atoms with Gasteiger partial charge in [-0.25, -0.2) is 14.8 Å². The second-order valence-corrected chi connectivity index (χ2v) is 14.5. The molecule has 3 heterocycles. The molecule has 7 rings (SSSR count). The van der Waals surface area contributed by atoms with E-state index in [9.17, 15) is 19.5 Å². The number of benzene rings is 2. The van der Waals surface area contributed by atoms with Gasteiger partial charge in [-0.3, -0.25) is 9.59 Å². The molecule has 5 N–H and O–H groups in total. The highest BCUT2D eigenvalue weighted by Crippen LogP contribution is 2.56. The second kappa shape index (κ2) is 14.7. The smallest absolute Gasteiger partial charge is 0.407 e. The minimum absolute atomic E-state index is 0.0288. The van der Waals surface area contributed by atoms with Crippen LogP contribution in [0.4, 0.5) is 4.79 Å². The van der Waals surface area contributed by atoms with Crippen molar-refractivity contribution in [2.24, 2.45) is 23.7 Å². The Morgan fingerprint density at radius 2 is 1.47 bits per heavy atom. The largest absolute Gasteiger partial charge is 0.453 e. The molecular weight excluding hydrogens is 646 g/mol. The first kappa shape index (κ1) is 34.5. The molecule has 12 heteroatoms. The minimum atomic E-state index is -0.677. The number of rotatable bonds is 11. The first-order chi connectivity index (χ1) is 24.7. The van der Waals surface area contributed by atoms with Gasteiger partial charge in [0.05, 0.1) is 49.5 Å². The van der Waals surface area contributed by atoms with E-state index >= 15 is 0 Å². The number of hydrogen-bond donors (Lipinski definition) is 5. The lowest BCUT2D eigenvalue weighted by molar-refractivity contribution is -0.135. The van der Waals surface area contributed by atoms with Crippen LogP contribution in [-0.4, -0.2) is 80.7 Å². The number of carbonyl (C=O) groups is 3. The number of nitrogens with one attached hydrogen (secondary N) is 4. The van der Waals surface area contributed by atoms with Crippen LogP contribution in [0.5, 0.6) is 0 Å². The maximum Gasteiger partial charge on any atom is 0.407 e. The number of ether oxygens (including phenoxy) is 1. The summed E-state index contributed by atoms with van der Waals surface area (Å²) in [6.07, 6.45) is 7.98. The fraction of sp³-hybridized carbons (Fsp3) is 0.462. The molecule has 2 saturated carbocycles. The van der Waals surface area contributed by atoms with Gasteiger partial charge in [0, 0.05) is 19.0 Å². The molecule has 2 aromatic heterocycles. The van der Waals surface area contributed by atoms with E-state index in [0.717, 1.165) is 77.4 Å². The Bertz CT molecular complexity index is 1850. The summed E-state index contributed by atoms with van der Waals surface area (Å²) < 4.78 is 4.75. The van der Waals surface area contributed by atoms with Gasteiger partial charge in [-0.1, -0.05) is 62.4 Å². The summed E-state index contributed by atoms with van der Waals surface area (Å²) in [5.74, 6) is 2.22. The van der Waals surface area contributed by atoms with Gasteiger partial charge in [-0.15, -0.1) is 0 Å². The number of alkyl carbamates (subject to hydrolysis) is 1. The number of carbonyl (C=O) groups excluding carboxylic acids is 3. The first-order valence-corrected chi connectivity index (χ1v) is 18.1. The van der Waals surface area contributed by atoms with E-state index in [1.807, 2.05) is 31.1 Å². The number of likely N-dealkylation sites (tertiary alicyclic amines) is 1. The molecule has 2 bridgehead atoms. The lowest BCUT2D eigenvalue weighted by atomic mass is 9.78. The van der Waals surface area contributed by atoms with E-state index in [-0.39, 0.29) is 48.8 Å². The molecule has 1 saturated heterocycles. The summed E-state index contributed by atoms with van der Waals surface area (Å²) in [4.78, 5) is 56.7. The maximum absolute atomic E-state index is 13.5. The average Bonchev–Trinajstić information content (AvgIpc) is 4.00. The molecule has 2 aliphatic carbocycles. The van der Waals surface area contributed by atoms with Crippen LogP contribution in [0.3, 0.4) is 0 Å². The van der Waals surface area contributed by atoms with E-state index in [2.05, 4.69) is 74.1 Å². The monoisotopic (exact) mass is 693 g/mol. The molecule has 4 aromatic rings. The Hall–Kier alpha value is -4.97. The van der Waals surface area contributed by atoms with Crippen molar-refractivity contribution in [1.82, 2.24) is 35.5 Å². The van der Waals surface area contributed by atoms with Gasteiger partial charge in [0.1, 0.15) is 17.7 Å². The molecule has 6 atom stereocenters. The third-order valence-electron chi connectivity index (χ3n) is 11.1. The maximum atomic E-state index is 13.5.